The quantitative estimate of drug-likeness (QED) is 0.303. The van der Waals surface area contributed by atoms with Crippen LogP contribution in [0.3, 0.4) is 0 Å². The number of carbonyl (C=O) groups is 1. The molecular weight excluding hydrogens is 478 g/mol. The lowest BCUT2D eigenvalue weighted by molar-refractivity contribution is -0.123. The Balaban J connectivity index is 1.49. The summed E-state index contributed by atoms with van der Waals surface area (Å²) in [7, 11) is 0. The van der Waals surface area contributed by atoms with Crippen LogP contribution in [0.4, 0.5) is 0 Å². The standard InChI is InChI=1S/C27H27N3O3S2/c1-18(2)33-22-12-10-19(11-13-22)25-20(16-30(28-25)21-7-4-3-5-8-21)15-24-26(31)29(27(34)35-24)17-23-9-6-14-32-23/h3-5,7-8,10-13,15-16,18,23H,6,9,14,17H2,1-2H3/b24-15-/t23-/m0/s1. The van der Waals surface area contributed by atoms with Crippen molar-refractivity contribution in [3.05, 3.63) is 71.3 Å². The fourth-order valence-electron chi connectivity index (χ4n) is 4.18. The predicted octanol–water partition coefficient (Wildman–Crippen LogP) is 5.71. The Labute approximate surface area is 214 Å². The number of nitrogens with zero attached hydrogens (tertiary/aromatic N) is 3. The molecule has 0 spiro atoms. The molecule has 0 bridgehead atoms. The summed E-state index contributed by atoms with van der Waals surface area (Å²) < 4.78 is 13.9. The highest BCUT2D eigenvalue weighted by Crippen LogP contribution is 2.36. The van der Waals surface area contributed by atoms with E-state index in [0.717, 1.165) is 47.7 Å². The van der Waals surface area contributed by atoms with Gasteiger partial charge in [0.1, 0.15) is 10.1 Å². The minimum absolute atomic E-state index is 0.0554. The highest BCUT2D eigenvalue weighted by Gasteiger charge is 2.35. The average molecular weight is 506 g/mol. The predicted molar refractivity (Wildman–Crippen MR) is 144 cm³/mol. The average Bonchev–Trinajstić information content (AvgIpc) is 3.57. The molecule has 3 heterocycles. The second-order valence-electron chi connectivity index (χ2n) is 8.83. The molecule has 35 heavy (non-hydrogen) atoms. The number of carbonyl (C=O) groups excluding carboxylic acids is 1. The highest BCUT2D eigenvalue weighted by atomic mass is 32.2. The van der Waals surface area contributed by atoms with Gasteiger partial charge >= 0.3 is 0 Å². The van der Waals surface area contributed by atoms with Gasteiger partial charge in [-0.2, -0.15) is 5.10 Å². The number of ether oxygens (including phenoxy) is 2. The van der Waals surface area contributed by atoms with Gasteiger partial charge in [-0.3, -0.25) is 9.69 Å². The largest absolute Gasteiger partial charge is 0.491 e. The minimum atomic E-state index is -0.0745. The number of thiocarbonyl (C=S) groups is 1. The molecule has 0 unspecified atom stereocenters. The Hall–Kier alpha value is -2.94. The van der Waals surface area contributed by atoms with Crippen molar-refractivity contribution in [2.24, 2.45) is 0 Å². The Kier molecular flexibility index (Phi) is 7.04. The van der Waals surface area contributed by atoms with Crippen LogP contribution in [0.5, 0.6) is 5.75 Å². The summed E-state index contributed by atoms with van der Waals surface area (Å²) >= 11 is 6.87. The van der Waals surface area contributed by atoms with Crippen molar-refractivity contribution in [2.75, 3.05) is 13.2 Å². The van der Waals surface area contributed by atoms with E-state index in [2.05, 4.69) is 0 Å². The smallest absolute Gasteiger partial charge is 0.266 e. The molecular formula is C27H27N3O3S2. The molecule has 180 valence electrons. The first-order valence-electron chi connectivity index (χ1n) is 11.8. The molecule has 0 N–H and O–H groups in total. The van der Waals surface area contributed by atoms with E-state index in [1.807, 2.05) is 85.4 Å². The number of amides is 1. The summed E-state index contributed by atoms with van der Waals surface area (Å²) in [6.07, 6.45) is 5.99. The van der Waals surface area contributed by atoms with E-state index >= 15 is 0 Å². The summed E-state index contributed by atoms with van der Waals surface area (Å²) in [5.74, 6) is 0.734. The lowest BCUT2D eigenvalue weighted by atomic mass is 10.1. The van der Waals surface area contributed by atoms with Gasteiger partial charge in [0.15, 0.2) is 0 Å². The first kappa shape index (κ1) is 23.8. The van der Waals surface area contributed by atoms with Crippen molar-refractivity contribution in [3.8, 4) is 22.7 Å². The molecule has 1 aromatic heterocycles. The third kappa shape index (κ3) is 5.34. The monoisotopic (exact) mass is 505 g/mol. The molecule has 0 saturated carbocycles. The Morgan fingerprint density at radius 1 is 1.20 bits per heavy atom. The van der Waals surface area contributed by atoms with E-state index in [9.17, 15) is 4.79 Å². The second kappa shape index (κ2) is 10.4. The number of hydrogen-bond donors (Lipinski definition) is 0. The van der Waals surface area contributed by atoms with Crippen LogP contribution in [0.2, 0.25) is 0 Å². The topological polar surface area (TPSA) is 56.6 Å². The number of rotatable bonds is 7. The zero-order valence-corrected chi connectivity index (χ0v) is 21.3. The summed E-state index contributed by atoms with van der Waals surface area (Å²) in [4.78, 5) is 15.5. The van der Waals surface area contributed by atoms with E-state index in [4.69, 9.17) is 26.8 Å². The van der Waals surface area contributed by atoms with Crippen LogP contribution >= 0.6 is 24.0 Å². The van der Waals surface area contributed by atoms with Crippen molar-refractivity contribution >= 4 is 40.3 Å². The SMILES string of the molecule is CC(C)Oc1ccc(-c2nn(-c3ccccc3)cc2/C=C2\SC(=S)N(C[C@@H]3CCCO3)C2=O)cc1. The molecule has 2 aliphatic rings. The third-order valence-corrected chi connectivity index (χ3v) is 7.21. The molecule has 3 aromatic rings. The van der Waals surface area contributed by atoms with Gasteiger partial charge in [-0.1, -0.05) is 42.2 Å². The fourth-order valence-corrected chi connectivity index (χ4v) is 5.45. The summed E-state index contributed by atoms with van der Waals surface area (Å²) in [6, 6.07) is 17.8. The normalized spacial score (nSPS) is 19.3. The lowest BCUT2D eigenvalue weighted by Gasteiger charge is -2.18. The van der Waals surface area contributed by atoms with E-state index in [1.54, 1.807) is 4.90 Å². The summed E-state index contributed by atoms with van der Waals surface area (Å²) in [5.41, 5.74) is 3.52. The second-order valence-corrected chi connectivity index (χ2v) is 10.5. The number of benzene rings is 2. The minimum Gasteiger partial charge on any atom is -0.491 e. The van der Waals surface area contributed by atoms with E-state index < -0.39 is 0 Å². The molecule has 1 atom stereocenters. The molecule has 5 rings (SSSR count). The first-order valence-corrected chi connectivity index (χ1v) is 13.0. The molecule has 1 amide bonds. The van der Waals surface area contributed by atoms with Gasteiger partial charge in [-0.05, 0) is 69.2 Å². The van der Waals surface area contributed by atoms with E-state index in [0.29, 0.717) is 15.8 Å². The molecule has 0 radical (unpaired) electrons. The number of thioether (sulfide) groups is 1. The van der Waals surface area contributed by atoms with Crippen LogP contribution in [0.15, 0.2) is 65.7 Å². The maximum Gasteiger partial charge on any atom is 0.266 e. The Bertz CT molecular complexity index is 1250. The van der Waals surface area contributed by atoms with Crippen molar-refractivity contribution in [3.63, 3.8) is 0 Å². The number of para-hydroxylation sites is 1. The van der Waals surface area contributed by atoms with Crippen LogP contribution < -0.4 is 4.74 Å². The maximum absolute atomic E-state index is 13.2. The van der Waals surface area contributed by atoms with Crippen molar-refractivity contribution in [1.29, 1.82) is 0 Å². The van der Waals surface area contributed by atoms with Crippen molar-refractivity contribution in [1.82, 2.24) is 14.7 Å². The van der Waals surface area contributed by atoms with Gasteiger partial charge in [0, 0.05) is 23.9 Å². The van der Waals surface area contributed by atoms with Gasteiger partial charge in [0.25, 0.3) is 5.91 Å². The summed E-state index contributed by atoms with van der Waals surface area (Å²) in [6.45, 7) is 5.26. The molecule has 6 nitrogen and oxygen atoms in total. The van der Waals surface area contributed by atoms with Crippen LogP contribution in [-0.2, 0) is 9.53 Å². The van der Waals surface area contributed by atoms with Crippen LogP contribution in [0, 0.1) is 0 Å². The van der Waals surface area contributed by atoms with E-state index in [-0.39, 0.29) is 18.1 Å². The zero-order valence-electron chi connectivity index (χ0n) is 19.7. The fraction of sp³-hybridized carbons (Fsp3) is 0.296. The molecule has 2 aliphatic heterocycles. The van der Waals surface area contributed by atoms with Crippen LogP contribution in [0.1, 0.15) is 32.3 Å². The van der Waals surface area contributed by atoms with Gasteiger partial charge in [0.2, 0.25) is 0 Å². The molecule has 2 aromatic carbocycles. The van der Waals surface area contributed by atoms with Crippen LogP contribution in [0.25, 0.3) is 23.0 Å². The number of aromatic nitrogens is 2. The highest BCUT2D eigenvalue weighted by molar-refractivity contribution is 8.26. The molecule has 2 saturated heterocycles. The Morgan fingerprint density at radius 3 is 2.66 bits per heavy atom. The zero-order chi connectivity index (χ0) is 24.4. The van der Waals surface area contributed by atoms with Crippen LogP contribution in [-0.4, -0.2) is 50.3 Å². The van der Waals surface area contributed by atoms with E-state index in [1.165, 1.54) is 11.8 Å². The van der Waals surface area contributed by atoms with Gasteiger partial charge in [0.05, 0.1) is 35.0 Å². The molecule has 2 fully saturated rings. The Morgan fingerprint density at radius 2 is 1.97 bits per heavy atom. The van der Waals surface area contributed by atoms with Gasteiger partial charge in [-0.25, -0.2) is 4.68 Å². The maximum atomic E-state index is 13.2. The van der Waals surface area contributed by atoms with Gasteiger partial charge < -0.3 is 9.47 Å². The number of hydrogen-bond acceptors (Lipinski definition) is 6. The summed E-state index contributed by atoms with van der Waals surface area (Å²) in [5, 5.41) is 4.87. The first-order chi connectivity index (χ1) is 17.0. The molecule has 8 heteroatoms. The molecule has 0 aliphatic carbocycles. The third-order valence-electron chi connectivity index (χ3n) is 5.83. The van der Waals surface area contributed by atoms with Crippen molar-refractivity contribution in [2.45, 2.75) is 38.9 Å². The van der Waals surface area contributed by atoms with Gasteiger partial charge in [-0.15, -0.1) is 0 Å². The lowest BCUT2D eigenvalue weighted by Crippen LogP contribution is -2.35. The van der Waals surface area contributed by atoms with Crippen molar-refractivity contribution < 1.29 is 14.3 Å².